The summed E-state index contributed by atoms with van der Waals surface area (Å²) >= 11 is 5.14. The molecule has 2 N–H and O–H groups in total. The van der Waals surface area contributed by atoms with Gasteiger partial charge in [0.1, 0.15) is 5.82 Å². The Balaban J connectivity index is 1.75. The number of amides is 1. The van der Waals surface area contributed by atoms with Gasteiger partial charge in [0, 0.05) is 17.1 Å². The number of pyridine rings is 1. The maximum atomic E-state index is 13.1. The zero-order valence-electron chi connectivity index (χ0n) is 11.9. The van der Waals surface area contributed by atoms with Crippen molar-refractivity contribution in [2.75, 3.05) is 5.32 Å². The average molecular weight is 325 g/mol. The lowest BCUT2D eigenvalue weighted by atomic mass is 10.2. The minimum Gasteiger partial charge on any atom is -0.331 e. The van der Waals surface area contributed by atoms with Crippen LogP contribution >= 0.6 is 12.2 Å². The number of nitrogens with one attached hydrogen (secondary N) is 2. The zero-order chi connectivity index (χ0) is 16.2. The molecule has 114 valence electrons. The summed E-state index contributed by atoms with van der Waals surface area (Å²) in [7, 11) is 0. The van der Waals surface area contributed by atoms with E-state index in [1.165, 1.54) is 18.2 Å². The van der Waals surface area contributed by atoms with Gasteiger partial charge in [0.15, 0.2) is 5.11 Å². The highest BCUT2D eigenvalue weighted by molar-refractivity contribution is 7.80. The highest BCUT2D eigenvalue weighted by Crippen LogP contribution is 2.20. The summed E-state index contributed by atoms with van der Waals surface area (Å²) in [6, 6.07) is 14.8. The minimum absolute atomic E-state index is 0.123. The molecule has 0 unspecified atom stereocenters. The lowest BCUT2D eigenvalue weighted by molar-refractivity contribution is 0.0977. The molecule has 6 heteroatoms. The van der Waals surface area contributed by atoms with E-state index in [0.29, 0.717) is 5.69 Å². The monoisotopic (exact) mass is 325 g/mol. The second-order valence-corrected chi connectivity index (χ2v) is 5.21. The molecule has 3 rings (SSSR count). The van der Waals surface area contributed by atoms with Crippen LogP contribution in [-0.2, 0) is 0 Å². The molecule has 23 heavy (non-hydrogen) atoms. The fourth-order valence-electron chi connectivity index (χ4n) is 2.16. The molecule has 1 aromatic heterocycles. The normalized spacial score (nSPS) is 10.3. The minimum atomic E-state index is -0.477. The molecule has 0 saturated carbocycles. The maximum absolute atomic E-state index is 13.1. The SMILES string of the molecule is O=C(NC(=S)Nc1cccc2cccnc12)c1cccc(F)c1. The molecule has 0 atom stereocenters. The van der Waals surface area contributed by atoms with Crippen LogP contribution in [0.4, 0.5) is 10.1 Å². The van der Waals surface area contributed by atoms with Crippen LogP contribution < -0.4 is 10.6 Å². The number of fused-ring (bicyclic) bond motifs is 1. The Labute approximate surface area is 137 Å². The first kappa shape index (κ1) is 15.1. The van der Waals surface area contributed by atoms with Gasteiger partial charge in [0.2, 0.25) is 0 Å². The number of halogens is 1. The quantitative estimate of drug-likeness (QED) is 0.708. The Bertz CT molecular complexity index is 892. The van der Waals surface area contributed by atoms with E-state index in [2.05, 4.69) is 15.6 Å². The smallest absolute Gasteiger partial charge is 0.257 e. The number of nitrogens with zero attached hydrogens (tertiary/aromatic N) is 1. The van der Waals surface area contributed by atoms with Crippen molar-refractivity contribution in [2.24, 2.45) is 0 Å². The topological polar surface area (TPSA) is 54.0 Å². The fraction of sp³-hybridized carbons (Fsp3) is 0. The highest BCUT2D eigenvalue weighted by Gasteiger charge is 2.10. The number of carbonyl (C=O) groups excluding carboxylic acids is 1. The summed E-state index contributed by atoms with van der Waals surface area (Å²) in [6.45, 7) is 0. The van der Waals surface area contributed by atoms with Crippen LogP contribution in [0.5, 0.6) is 0 Å². The van der Waals surface area contributed by atoms with Gasteiger partial charge in [-0.2, -0.15) is 0 Å². The second kappa shape index (κ2) is 6.50. The molecule has 0 bridgehead atoms. The standard InChI is InChI=1S/C17H12FN3OS/c18-13-7-1-5-12(10-13)16(22)21-17(23)20-14-8-2-4-11-6-3-9-19-15(11)14/h1-10H,(H2,20,21,22,23). The van der Waals surface area contributed by atoms with Gasteiger partial charge in [-0.15, -0.1) is 0 Å². The second-order valence-electron chi connectivity index (χ2n) is 4.80. The van der Waals surface area contributed by atoms with E-state index >= 15 is 0 Å². The molecule has 0 spiro atoms. The van der Waals surface area contributed by atoms with Gasteiger partial charge in [-0.25, -0.2) is 4.39 Å². The van der Waals surface area contributed by atoms with Crippen molar-refractivity contribution >= 4 is 39.8 Å². The van der Waals surface area contributed by atoms with Gasteiger partial charge in [0.25, 0.3) is 5.91 Å². The van der Waals surface area contributed by atoms with Gasteiger partial charge >= 0.3 is 0 Å². The van der Waals surface area contributed by atoms with Crippen LogP contribution in [0.3, 0.4) is 0 Å². The Morgan fingerprint density at radius 1 is 1.09 bits per heavy atom. The van der Waals surface area contributed by atoms with Gasteiger partial charge in [-0.1, -0.05) is 24.3 Å². The van der Waals surface area contributed by atoms with Crippen LogP contribution in [-0.4, -0.2) is 16.0 Å². The predicted octanol–water partition coefficient (Wildman–Crippen LogP) is 3.50. The van der Waals surface area contributed by atoms with Crippen molar-refractivity contribution in [3.8, 4) is 0 Å². The molecule has 1 heterocycles. The van der Waals surface area contributed by atoms with E-state index < -0.39 is 11.7 Å². The molecule has 3 aromatic rings. The van der Waals surface area contributed by atoms with Crippen molar-refractivity contribution in [3.05, 3.63) is 72.2 Å². The average Bonchev–Trinajstić information content (AvgIpc) is 2.55. The molecule has 2 aromatic carbocycles. The number of benzene rings is 2. The first-order chi connectivity index (χ1) is 11.1. The van der Waals surface area contributed by atoms with Gasteiger partial charge in [-0.3, -0.25) is 15.1 Å². The van der Waals surface area contributed by atoms with Crippen LogP contribution in [0.25, 0.3) is 10.9 Å². The Morgan fingerprint density at radius 2 is 1.87 bits per heavy atom. The molecular formula is C17H12FN3OS. The summed E-state index contributed by atoms with van der Waals surface area (Å²) in [5.41, 5.74) is 1.63. The number of rotatable bonds is 2. The van der Waals surface area contributed by atoms with Crippen LogP contribution in [0, 0.1) is 5.82 Å². The molecule has 0 aliphatic carbocycles. The summed E-state index contributed by atoms with van der Waals surface area (Å²) in [4.78, 5) is 16.3. The van der Waals surface area contributed by atoms with Crippen molar-refractivity contribution < 1.29 is 9.18 Å². The molecule has 0 fully saturated rings. The number of para-hydroxylation sites is 1. The lowest BCUT2D eigenvalue weighted by Crippen LogP contribution is -2.34. The van der Waals surface area contributed by atoms with Crippen molar-refractivity contribution in [1.82, 2.24) is 10.3 Å². The van der Waals surface area contributed by atoms with Crippen LogP contribution in [0.1, 0.15) is 10.4 Å². The summed E-state index contributed by atoms with van der Waals surface area (Å²) < 4.78 is 13.1. The molecular weight excluding hydrogens is 313 g/mol. The highest BCUT2D eigenvalue weighted by atomic mass is 32.1. The third kappa shape index (κ3) is 3.49. The maximum Gasteiger partial charge on any atom is 0.257 e. The van der Waals surface area contributed by atoms with E-state index in [1.807, 2.05) is 30.3 Å². The summed E-state index contributed by atoms with van der Waals surface area (Å²) in [5.74, 6) is -0.954. The van der Waals surface area contributed by atoms with Gasteiger partial charge < -0.3 is 5.32 Å². The van der Waals surface area contributed by atoms with Gasteiger partial charge in [-0.05, 0) is 42.5 Å². The Kier molecular flexibility index (Phi) is 4.25. The zero-order valence-corrected chi connectivity index (χ0v) is 12.7. The molecule has 0 aliphatic rings. The first-order valence-electron chi connectivity index (χ1n) is 6.85. The number of carbonyl (C=O) groups is 1. The van der Waals surface area contributed by atoms with Crippen molar-refractivity contribution in [1.29, 1.82) is 0 Å². The summed E-state index contributed by atoms with van der Waals surface area (Å²) in [5, 5.41) is 6.54. The van der Waals surface area contributed by atoms with Crippen LogP contribution in [0.15, 0.2) is 60.8 Å². The van der Waals surface area contributed by atoms with Gasteiger partial charge in [0.05, 0.1) is 11.2 Å². The molecule has 4 nitrogen and oxygen atoms in total. The fourth-order valence-corrected chi connectivity index (χ4v) is 2.37. The number of aromatic nitrogens is 1. The predicted molar refractivity (Wildman–Crippen MR) is 91.8 cm³/mol. The lowest BCUT2D eigenvalue weighted by Gasteiger charge is -2.11. The number of anilines is 1. The molecule has 1 amide bonds. The van der Waals surface area contributed by atoms with Crippen LogP contribution in [0.2, 0.25) is 0 Å². The van der Waals surface area contributed by atoms with Crippen molar-refractivity contribution in [2.45, 2.75) is 0 Å². The first-order valence-corrected chi connectivity index (χ1v) is 7.26. The number of hydrogen-bond acceptors (Lipinski definition) is 3. The van der Waals surface area contributed by atoms with E-state index in [4.69, 9.17) is 12.2 Å². The molecule has 0 radical (unpaired) electrons. The Hall–Kier alpha value is -2.86. The van der Waals surface area contributed by atoms with E-state index in [9.17, 15) is 9.18 Å². The van der Waals surface area contributed by atoms with Crippen molar-refractivity contribution in [3.63, 3.8) is 0 Å². The summed E-state index contributed by atoms with van der Waals surface area (Å²) in [6.07, 6.45) is 1.68. The molecule has 0 saturated heterocycles. The third-order valence-electron chi connectivity index (χ3n) is 3.19. The van der Waals surface area contributed by atoms with E-state index in [-0.39, 0.29) is 10.7 Å². The molecule has 0 aliphatic heterocycles. The number of thiocarbonyl (C=S) groups is 1. The number of hydrogen-bond donors (Lipinski definition) is 2. The van der Waals surface area contributed by atoms with E-state index in [1.54, 1.807) is 6.20 Å². The third-order valence-corrected chi connectivity index (χ3v) is 3.40. The largest absolute Gasteiger partial charge is 0.331 e. The Morgan fingerprint density at radius 3 is 2.70 bits per heavy atom. The van der Waals surface area contributed by atoms with E-state index in [0.717, 1.165) is 17.0 Å².